The monoisotopic (exact) mass is 345 g/mol. The maximum Gasteiger partial charge on any atom is 0.321 e. The fourth-order valence-corrected chi connectivity index (χ4v) is 3.62. The number of nitrogens with zero attached hydrogens (tertiary/aromatic N) is 1. The lowest BCUT2D eigenvalue weighted by molar-refractivity contribution is -0.119. The van der Waals surface area contributed by atoms with Crippen LogP contribution in [0.2, 0.25) is 0 Å². The molecule has 1 heterocycles. The van der Waals surface area contributed by atoms with E-state index in [9.17, 15) is 9.59 Å². The zero-order valence-electron chi connectivity index (χ0n) is 14.8. The van der Waals surface area contributed by atoms with Gasteiger partial charge in [-0.3, -0.25) is 4.79 Å². The second-order valence-corrected chi connectivity index (χ2v) is 6.93. The molecule has 25 heavy (non-hydrogen) atoms. The maximum atomic E-state index is 12.4. The molecule has 2 N–H and O–H groups in total. The smallest absolute Gasteiger partial charge is 0.321 e. The third kappa shape index (κ3) is 4.72. The van der Waals surface area contributed by atoms with E-state index < -0.39 is 0 Å². The van der Waals surface area contributed by atoms with Crippen LogP contribution in [0.25, 0.3) is 0 Å². The molecule has 1 saturated heterocycles. The fraction of sp³-hybridized carbons (Fsp3) is 0.579. The zero-order valence-corrected chi connectivity index (χ0v) is 14.8. The Hall–Kier alpha value is -2.08. The number of urea groups is 1. The lowest BCUT2D eigenvalue weighted by atomic mass is 10.1. The van der Waals surface area contributed by atoms with Crippen molar-refractivity contribution in [2.24, 2.45) is 5.92 Å². The molecular formula is C19H27N3O3. The highest BCUT2D eigenvalue weighted by Gasteiger charge is 2.24. The molecule has 0 bridgehead atoms. The molecule has 0 aromatic heterocycles. The second-order valence-electron chi connectivity index (χ2n) is 6.93. The quantitative estimate of drug-likeness (QED) is 0.878. The molecule has 6 nitrogen and oxygen atoms in total. The van der Waals surface area contributed by atoms with Gasteiger partial charge in [-0.05, 0) is 43.9 Å². The Morgan fingerprint density at radius 2 is 1.80 bits per heavy atom. The van der Waals surface area contributed by atoms with Crippen molar-refractivity contribution in [3.8, 4) is 0 Å². The van der Waals surface area contributed by atoms with Gasteiger partial charge in [0, 0.05) is 37.5 Å². The molecule has 2 aliphatic rings. The van der Waals surface area contributed by atoms with E-state index in [4.69, 9.17) is 4.74 Å². The van der Waals surface area contributed by atoms with E-state index in [2.05, 4.69) is 10.6 Å². The number of anilines is 2. The minimum atomic E-state index is -0.124. The van der Waals surface area contributed by atoms with E-state index in [-0.39, 0.29) is 24.0 Å². The number of rotatable bonds is 4. The van der Waals surface area contributed by atoms with Gasteiger partial charge in [-0.2, -0.15) is 0 Å². The number of carbonyl (C=O) groups is 2. The second kappa shape index (κ2) is 8.34. The number of benzene rings is 1. The Bertz CT molecular complexity index is 614. The van der Waals surface area contributed by atoms with Crippen molar-refractivity contribution >= 4 is 23.3 Å². The molecule has 1 aromatic rings. The summed E-state index contributed by atoms with van der Waals surface area (Å²) in [6.07, 6.45) is 6.25. The first kappa shape index (κ1) is 17.7. The summed E-state index contributed by atoms with van der Waals surface area (Å²) in [6, 6.07) is 7.21. The third-order valence-corrected chi connectivity index (χ3v) is 5.11. The number of piperidine rings is 1. The van der Waals surface area contributed by atoms with Crippen LogP contribution in [0.15, 0.2) is 24.3 Å². The normalized spacial score (nSPS) is 21.2. The molecule has 1 aliphatic carbocycles. The predicted molar refractivity (Wildman–Crippen MR) is 97.7 cm³/mol. The number of amides is 3. The van der Waals surface area contributed by atoms with Gasteiger partial charge in [-0.1, -0.05) is 18.9 Å². The van der Waals surface area contributed by atoms with E-state index in [0.717, 1.165) is 50.8 Å². The van der Waals surface area contributed by atoms with Gasteiger partial charge in [-0.15, -0.1) is 0 Å². The van der Waals surface area contributed by atoms with Crippen LogP contribution >= 0.6 is 0 Å². The van der Waals surface area contributed by atoms with Crippen molar-refractivity contribution < 1.29 is 14.3 Å². The largest absolute Gasteiger partial charge is 0.380 e. The summed E-state index contributed by atoms with van der Waals surface area (Å²) in [6.45, 7) is 1.35. The van der Waals surface area contributed by atoms with Crippen LogP contribution in [0.5, 0.6) is 0 Å². The van der Waals surface area contributed by atoms with Crippen molar-refractivity contribution in [3.63, 3.8) is 0 Å². The topological polar surface area (TPSA) is 70.7 Å². The molecule has 1 aliphatic heterocycles. The maximum absolute atomic E-state index is 12.4. The highest BCUT2D eigenvalue weighted by atomic mass is 16.5. The summed E-state index contributed by atoms with van der Waals surface area (Å²) in [5, 5.41) is 5.89. The van der Waals surface area contributed by atoms with Crippen molar-refractivity contribution in [1.29, 1.82) is 0 Å². The molecule has 1 atom stereocenters. The van der Waals surface area contributed by atoms with Gasteiger partial charge in [0.25, 0.3) is 0 Å². The van der Waals surface area contributed by atoms with E-state index in [1.54, 1.807) is 12.0 Å². The highest BCUT2D eigenvalue weighted by molar-refractivity contribution is 5.94. The fourth-order valence-electron chi connectivity index (χ4n) is 3.62. The van der Waals surface area contributed by atoms with Gasteiger partial charge in [0.05, 0.1) is 6.10 Å². The van der Waals surface area contributed by atoms with Crippen molar-refractivity contribution in [2.45, 2.75) is 44.6 Å². The molecule has 0 spiro atoms. The number of carbonyl (C=O) groups excluding carboxylic acids is 2. The Morgan fingerprint density at radius 1 is 1.08 bits per heavy atom. The number of hydrogen-bond donors (Lipinski definition) is 2. The number of nitrogens with one attached hydrogen (secondary N) is 2. The lowest BCUT2D eigenvalue weighted by Crippen LogP contribution is -2.44. The highest BCUT2D eigenvalue weighted by Crippen LogP contribution is 2.26. The molecule has 1 unspecified atom stereocenters. The molecule has 136 valence electrons. The summed E-state index contributed by atoms with van der Waals surface area (Å²) in [4.78, 5) is 26.5. The third-order valence-electron chi connectivity index (χ3n) is 5.11. The summed E-state index contributed by atoms with van der Waals surface area (Å²) >= 11 is 0. The average molecular weight is 345 g/mol. The van der Waals surface area contributed by atoms with Crippen LogP contribution in [0.3, 0.4) is 0 Å². The van der Waals surface area contributed by atoms with Crippen LogP contribution in [0, 0.1) is 5.92 Å². The molecular weight excluding hydrogens is 318 g/mol. The molecule has 1 aromatic carbocycles. The molecule has 3 amide bonds. The minimum Gasteiger partial charge on any atom is -0.380 e. The lowest BCUT2D eigenvalue weighted by Gasteiger charge is -2.31. The van der Waals surface area contributed by atoms with Crippen LogP contribution < -0.4 is 10.6 Å². The number of likely N-dealkylation sites (tertiary alicyclic amines) is 1. The first-order chi connectivity index (χ1) is 12.2. The van der Waals surface area contributed by atoms with E-state index in [0.29, 0.717) is 12.2 Å². The van der Waals surface area contributed by atoms with E-state index in [1.165, 1.54) is 0 Å². The summed E-state index contributed by atoms with van der Waals surface area (Å²) in [5.74, 6) is 0.206. The van der Waals surface area contributed by atoms with E-state index >= 15 is 0 Å². The summed E-state index contributed by atoms with van der Waals surface area (Å²) in [7, 11) is 1.68. The molecule has 0 radical (unpaired) electrons. The van der Waals surface area contributed by atoms with Crippen molar-refractivity contribution in [3.05, 3.63) is 24.3 Å². The molecule has 1 saturated carbocycles. The van der Waals surface area contributed by atoms with Crippen LogP contribution in [-0.4, -0.2) is 43.1 Å². The van der Waals surface area contributed by atoms with Crippen LogP contribution in [0.4, 0.5) is 16.2 Å². The van der Waals surface area contributed by atoms with Crippen molar-refractivity contribution in [2.75, 3.05) is 30.8 Å². The zero-order chi connectivity index (χ0) is 17.6. The Balaban J connectivity index is 1.57. The standard InChI is InChI=1S/C19H27N3O3/c1-25-17-10-5-11-22(13-17)19(24)21-16-9-4-8-15(12-16)20-18(23)14-6-2-3-7-14/h4,8-9,12,14,17H,2-3,5-7,10-11,13H2,1H3,(H,20,23)(H,21,24). The summed E-state index contributed by atoms with van der Waals surface area (Å²) in [5.41, 5.74) is 1.41. The van der Waals surface area contributed by atoms with Gasteiger partial charge < -0.3 is 20.3 Å². The molecule has 3 rings (SSSR count). The van der Waals surface area contributed by atoms with E-state index in [1.807, 2.05) is 24.3 Å². The first-order valence-electron chi connectivity index (χ1n) is 9.15. The van der Waals surface area contributed by atoms with Gasteiger partial charge in [0.1, 0.15) is 0 Å². The van der Waals surface area contributed by atoms with Crippen LogP contribution in [0.1, 0.15) is 38.5 Å². The van der Waals surface area contributed by atoms with Gasteiger partial charge >= 0.3 is 6.03 Å². The van der Waals surface area contributed by atoms with Gasteiger partial charge in [0.2, 0.25) is 5.91 Å². The van der Waals surface area contributed by atoms with Crippen molar-refractivity contribution in [1.82, 2.24) is 4.90 Å². The number of ether oxygens (including phenoxy) is 1. The predicted octanol–water partition coefficient (Wildman–Crippen LogP) is 3.46. The minimum absolute atomic E-state index is 0.0833. The SMILES string of the molecule is COC1CCCN(C(=O)Nc2cccc(NC(=O)C3CCCC3)c2)C1. The average Bonchev–Trinajstić information content (AvgIpc) is 3.17. The summed E-state index contributed by atoms with van der Waals surface area (Å²) < 4.78 is 5.36. The van der Waals surface area contributed by atoms with Crippen LogP contribution in [-0.2, 0) is 9.53 Å². The van der Waals surface area contributed by atoms with Gasteiger partial charge in [-0.25, -0.2) is 4.79 Å². The Morgan fingerprint density at radius 3 is 2.52 bits per heavy atom. The first-order valence-corrected chi connectivity index (χ1v) is 9.15. The Labute approximate surface area is 148 Å². The molecule has 6 heteroatoms. The molecule has 2 fully saturated rings. The Kier molecular flexibility index (Phi) is 5.91. The number of hydrogen-bond acceptors (Lipinski definition) is 3. The number of methoxy groups -OCH3 is 1. The van der Waals surface area contributed by atoms with Gasteiger partial charge in [0.15, 0.2) is 0 Å².